The Morgan fingerprint density at radius 2 is 1.78 bits per heavy atom. The van der Waals surface area contributed by atoms with Gasteiger partial charge in [0.25, 0.3) is 0 Å². The fraction of sp³-hybridized carbons (Fsp3) is 0.421. The van der Waals surface area contributed by atoms with Crippen LogP contribution in [0, 0.1) is 6.92 Å². The average Bonchev–Trinajstić information content (AvgIpc) is 2.62. The van der Waals surface area contributed by atoms with Gasteiger partial charge in [-0.05, 0) is 36.2 Å². The lowest BCUT2D eigenvalue weighted by Crippen LogP contribution is -2.46. The third-order valence-corrected chi connectivity index (χ3v) is 4.71. The first-order valence-electron chi connectivity index (χ1n) is 8.43. The number of aromatic nitrogens is 1. The number of piperazine rings is 1. The molecule has 23 heavy (non-hydrogen) atoms. The van der Waals surface area contributed by atoms with Gasteiger partial charge in [0.1, 0.15) is 5.82 Å². The van der Waals surface area contributed by atoms with Crippen LogP contribution in [0.4, 0.5) is 5.82 Å². The minimum atomic E-state index is -0.117. The zero-order valence-corrected chi connectivity index (χ0v) is 14.1. The van der Waals surface area contributed by atoms with Gasteiger partial charge in [0.15, 0.2) is 0 Å². The Hall–Kier alpha value is -1.91. The van der Waals surface area contributed by atoms with Crippen LogP contribution < -0.4 is 10.6 Å². The molecule has 1 fully saturated rings. The Labute approximate surface area is 138 Å². The maximum Gasteiger partial charge on any atom is 0.131 e. The number of anilines is 1. The van der Waals surface area contributed by atoms with E-state index < -0.39 is 0 Å². The van der Waals surface area contributed by atoms with Crippen molar-refractivity contribution in [3.63, 3.8) is 0 Å². The van der Waals surface area contributed by atoms with Crippen LogP contribution in [0.25, 0.3) is 0 Å². The summed E-state index contributed by atoms with van der Waals surface area (Å²) in [6, 6.07) is 12.3. The Kier molecular flexibility index (Phi) is 4.94. The molecule has 0 spiro atoms. The summed E-state index contributed by atoms with van der Waals surface area (Å²) in [5.41, 5.74) is 9.79. The summed E-state index contributed by atoms with van der Waals surface area (Å²) >= 11 is 0. The highest BCUT2D eigenvalue weighted by Crippen LogP contribution is 2.24. The van der Waals surface area contributed by atoms with Crippen molar-refractivity contribution in [1.82, 2.24) is 9.88 Å². The molecular formula is C19H26N4. The Bertz CT molecular complexity index is 633. The molecule has 122 valence electrons. The van der Waals surface area contributed by atoms with Gasteiger partial charge in [-0.2, -0.15) is 0 Å². The second-order valence-corrected chi connectivity index (χ2v) is 6.22. The molecule has 4 heteroatoms. The summed E-state index contributed by atoms with van der Waals surface area (Å²) in [7, 11) is 0. The standard InChI is InChI=1S/C19H26N4/c1-3-22-9-11-23(12-10-22)19-15(2)13-17(14-21-19)18(20)16-7-5-4-6-8-16/h4-8,13-14,18H,3,9-12,20H2,1-2H3. The zero-order valence-electron chi connectivity index (χ0n) is 14.1. The molecule has 1 aliphatic heterocycles. The molecule has 1 saturated heterocycles. The largest absolute Gasteiger partial charge is 0.354 e. The molecule has 1 aromatic carbocycles. The first kappa shape index (κ1) is 16.0. The molecule has 0 radical (unpaired) electrons. The molecule has 1 unspecified atom stereocenters. The van der Waals surface area contributed by atoms with E-state index in [0.717, 1.165) is 49.7 Å². The summed E-state index contributed by atoms with van der Waals surface area (Å²) in [6.07, 6.45) is 1.94. The van der Waals surface area contributed by atoms with Crippen LogP contribution in [0.1, 0.15) is 29.7 Å². The molecule has 1 aromatic heterocycles. The summed E-state index contributed by atoms with van der Waals surface area (Å²) in [5.74, 6) is 1.10. The Morgan fingerprint density at radius 1 is 1.09 bits per heavy atom. The van der Waals surface area contributed by atoms with E-state index in [9.17, 15) is 0 Å². The quantitative estimate of drug-likeness (QED) is 0.943. The van der Waals surface area contributed by atoms with Crippen molar-refractivity contribution in [3.05, 3.63) is 59.3 Å². The van der Waals surface area contributed by atoms with Crippen molar-refractivity contribution < 1.29 is 0 Å². The van der Waals surface area contributed by atoms with E-state index in [1.165, 1.54) is 5.56 Å². The van der Waals surface area contributed by atoms with E-state index in [4.69, 9.17) is 10.7 Å². The van der Waals surface area contributed by atoms with Crippen molar-refractivity contribution >= 4 is 5.82 Å². The number of pyridine rings is 1. The van der Waals surface area contributed by atoms with Gasteiger partial charge in [-0.25, -0.2) is 4.98 Å². The second-order valence-electron chi connectivity index (χ2n) is 6.22. The van der Waals surface area contributed by atoms with Crippen molar-refractivity contribution in [2.24, 2.45) is 5.73 Å². The number of aryl methyl sites for hydroxylation is 1. The lowest BCUT2D eigenvalue weighted by Gasteiger charge is -2.35. The van der Waals surface area contributed by atoms with Crippen molar-refractivity contribution in [2.75, 3.05) is 37.6 Å². The molecule has 1 aliphatic rings. The van der Waals surface area contributed by atoms with Gasteiger partial charge in [-0.15, -0.1) is 0 Å². The number of nitrogens with zero attached hydrogens (tertiary/aromatic N) is 3. The summed E-state index contributed by atoms with van der Waals surface area (Å²) in [5, 5.41) is 0. The molecule has 2 heterocycles. The molecule has 0 bridgehead atoms. The molecule has 0 aliphatic carbocycles. The van der Waals surface area contributed by atoms with E-state index >= 15 is 0 Å². The van der Waals surface area contributed by atoms with Gasteiger partial charge in [0.2, 0.25) is 0 Å². The number of hydrogen-bond donors (Lipinski definition) is 1. The van der Waals surface area contributed by atoms with Crippen LogP contribution in [0.2, 0.25) is 0 Å². The molecule has 2 N–H and O–H groups in total. The third-order valence-electron chi connectivity index (χ3n) is 4.71. The van der Waals surface area contributed by atoms with Gasteiger partial charge >= 0.3 is 0 Å². The maximum atomic E-state index is 6.39. The minimum Gasteiger partial charge on any atom is -0.354 e. The smallest absolute Gasteiger partial charge is 0.131 e. The predicted molar refractivity (Wildman–Crippen MR) is 95.8 cm³/mol. The summed E-state index contributed by atoms with van der Waals surface area (Å²) in [6.45, 7) is 9.81. The van der Waals surface area contributed by atoms with E-state index in [2.05, 4.69) is 41.8 Å². The molecule has 0 saturated carbocycles. The van der Waals surface area contributed by atoms with E-state index in [1.54, 1.807) is 0 Å². The Morgan fingerprint density at radius 3 is 2.39 bits per heavy atom. The number of benzene rings is 1. The van der Waals surface area contributed by atoms with Crippen LogP contribution >= 0.6 is 0 Å². The highest BCUT2D eigenvalue weighted by molar-refractivity contribution is 5.49. The molecule has 3 rings (SSSR count). The number of nitrogens with two attached hydrogens (primary N) is 1. The van der Waals surface area contributed by atoms with Gasteiger partial charge in [-0.1, -0.05) is 37.3 Å². The third kappa shape index (κ3) is 3.54. The van der Waals surface area contributed by atoms with Crippen LogP contribution in [-0.4, -0.2) is 42.6 Å². The average molecular weight is 310 g/mol. The van der Waals surface area contributed by atoms with Crippen molar-refractivity contribution in [1.29, 1.82) is 0 Å². The zero-order chi connectivity index (χ0) is 16.2. The predicted octanol–water partition coefficient (Wildman–Crippen LogP) is 2.58. The number of likely N-dealkylation sites (N-methyl/N-ethyl adjacent to an activating group) is 1. The van der Waals surface area contributed by atoms with Crippen LogP contribution in [0.15, 0.2) is 42.6 Å². The number of hydrogen-bond acceptors (Lipinski definition) is 4. The van der Waals surface area contributed by atoms with Gasteiger partial charge in [0, 0.05) is 32.4 Å². The summed E-state index contributed by atoms with van der Waals surface area (Å²) < 4.78 is 0. The monoisotopic (exact) mass is 310 g/mol. The first-order chi connectivity index (χ1) is 11.2. The highest BCUT2D eigenvalue weighted by Gasteiger charge is 2.19. The van der Waals surface area contributed by atoms with Crippen LogP contribution in [-0.2, 0) is 0 Å². The van der Waals surface area contributed by atoms with Gasteiger partial charge in [-0.3, -0.25) is 0 Å². The van der Waals surface area contributed by atoms with Gasteiger partial charge in [0.05, 0.1) is 6.04 Å². The van der Waals surface area contributed by atoms with Gasteiger partial charge < -0.3 is 15.5 Å². The topological polar surface area (TPSA) is 45.4 Å². The van der Waals surface area contributed by atoms with E-state index in [-0.39, 0.29) is 6.04 Å². The highest BCUT2D eigenvalue weighted by atomic mass is 15.3. The number of rotatable bonds is 4. The lowest BCUT2D eigenvalue weighted by atomic mass is 10.00. The van der Waals surface area contributed by atoms with Crippen LogP contribution in [0.3, 0.4) is 0 Å². The SMILES string of the molecule is CCN1CCN(c2ncc(C(N)c3ccccc3)cc2C)CC1. The van der Waals surface area contributed by atoms with E-state index in [0.29, 0.717) is 0 Å². The normalized spacial score (nSPS) is 17.3. The summed E-state index contributed by atoms with van der Waals surface area (Å²) in [4.78, 5) is 9.59. The molecule has 2 aromatic rings. The maximum absolute atomic E-state index is 6.39. The molecule has 1 atom stereocenters. The molecule has 0 amide bonds. The van der Waals surface area contributed by atoms with Crippen molar-refractivity contribution in [3.8, 4) is 0 Å². The second kappa shape index (κ2) is 7.11. The van der Waals surface area contributed by atoms with Crippen molar-refractivity contribution in [2.45, 2.75) is 19.9 Å². The fourth-order valence-corrected chi connectivity index (χ4v) is 3.22. The first-order valence-corrected chi connectivity index (χ1v) is 8.43. The lowest BCUT2D eigenvalue weighted by molar-refractivity contribution is 0.270. The minimum absolute atomic E-state index is 0.117. The molecule has 4 nitrogen and oxygen atoms in total. The Balaban J connectivity index is 1.76. The fourth-order valence-electron chi connectivity index (χ4n) is 3.22. The molecular weight excluding hydrogens is 284 g/mol. The van der Waals surface area contributed by atoms with Crippen LogP contribution in [0.5, 0.6) is 0 Å². The van der Waals surface area contributed by atoms with E-state index in [1.807, 2.05) is 24.4 Å².